The molecule has 1 aliphatic carbocycles. The molecule has 3 atom stereocenters. The minimum absolute atomic E-state index is 0.0570. The molecule has 0 unspecified atom stereocenters. The molecule has 43 heavy (non-hydrogen) atoms. The zero-order chi connectivity index (χ0) is 30.8. The topological polar surface area (TPSA) is 138 Å². The number of halogens is 1. The number of aldehydes is 1. The standard InChI is InChI=1S/C31H38IN3O8/c1-41-27-16-22(20-37)15-24(32)30(27)43-26-19-23(31(40)33-7-12-36)18-25(29(26)39)35(9-8-34-10-13-42-14-11-34)28(38)17-21-5-3-2-4-6-21/h2-6,15-16,19-20,25-26,29,36,39H,7-14,17-18H2,1H3,(H,33,40)/t25-,26+,29+/m1/s1. The van der Waals surface area contributed by atoms with Gasteiger partial charge in [0.1, 0.15) is 18.5 Å². The van der Waals surface area contributed by atoms with E-state index in [1.807, 2.05) is 52.9 Å². The zero-order valence-corrected chi connectivity index (χ0v) is 26.3. The number of morpholine rings is 1. The van der Waals surface area contributed by atoms with Crippen LogP contribution in [0.1, 0.15) is 22.3 Å². The van der Waals surface area contributed by atoms with Crippen molar-refractivity contribution in [3.63, 3.8) is 0 Å². The van der Waals surface area contributed by atoms with Crippen molar-refractivity contribution in [1.82, 2.24) is 15.1 Å². The van der Waals surface area contributed by atoms with Crippen molar-refractivity contribution in [3.8, 4) is 11.5 Å². The molecule has 1 heterocycles. The van der Waals surface area contributed by atoms with E-state index in [1.165, 1.54) is 13.2 Å². The van der Waals surface area contributed by atoms with Crippen molar-refractivity contribution in [2.45, 2.75) is 31.1 Å². The van der Waals surface area contributed by atoms with E-state index in [0.717, 1.165) is 18.7 Å². The van der Waals surface area contributed by atoms with Crippen LogP contribution in [0.25, 0.3) is 0 Å². The minimum atomic E-state index is -1.19. The molecule has 11 nitrogen and oxygen atoms in total. The Hall–Kier alpha value is -3.04. The van der Waals surface area contributed by atoms with Crippen LogP contribution < -0.4 is 14.8 Å². The first kappa shape index (κ1) is 32.9. The molecule has 1 fully saturated rings. The molecule has 3 N–H and O–H groups in total. The van der Waals surface area contributed by atoms with Crippen LogP contribution in [-0.2, 0) is 20.7 Å². The van der Waals surface area contributed by atoms with Gasteiger partial charge in [0.2, 0.25) is 11.8 Å². The summed E-state index contributed by atoms with van der Waals surface area (Å²) in [5.74, 6) is 0.00973. The Morgan fingerprint density at radius 2 is 1.95 bits per heavy atom. The molecular formula is C31H38IN3O8. The van der Waals surface area contributed by atoms with Gasteiger partial charge in [0.05, 0.1) is 43.0 Å². The SMILES string of the molecule is COc1cc(C=O)cc(I)c1O[C@H]1C=C(C(=O)NCCO)C[C@@H](N(CCN2CCOCC2)C(=O)Cc2ccccc2)[C@@H]1O. The van der Waals surface area contributed by atoms with Crippen LogP contribution in [0.3, 0.4) is 0 Å². The molecule has 0 spiro atoms. The Morgan fingerprint density at radius 3 is 2.63 bits per heavy atom. The Balaban J connectivity index is 1.67. The Morgan fingerprint density at radius 1 is 1.21 bits per heavy atom. The smallest absolute Gasteiger partial charge is 0.247 e. The average molecular weight is 708 g/mol. The number of carbonyl (C=O) groups is 3. The summed E-state index contributed by atoms with van der Waals surface area (Å²) in [6.45, 7) is 3.44. The van der Waals surface area contributed by atoms with Crippen LogP contribution in [0.4, 0.5) is 0 Å². The third kappa shape index (κ3) is 8.76. The highest BCUT2D eigenvalue weighted by Crippen LogP contribution is 2.37. The molecule has 0 bridgehead atoms. The lowest BCUT2D eigenvalue weighted by molar-refractivity contribution is -0.138. The number of aliphatic hydroxyl groups excluding tert-OH is 2. The monoisotopic (exact) mass is 707 g/mol. The number of methoxy groups -OCH3 is 1. The summed E-state index contributed by atoms with van der Waals surface area (Å²) in [5, 5.41) is 23.7. The highest BCUT2D eigenvalue weighted by Gasteiger charge is 2.41. The number of rotatable bonds is 13. The molecule has 2 aromatic carbocycles. The van der Waals surface area contributed by atoms with E-state index in [-0.39, 0.29) is 31.9 Å². The summed E-state index contributed by atoms with van der Waals surface area (Å²) in [4.78, 5) is 42.3. The van der Waals surface area contributed by atoms with Gasteiger partial charge in [0.15, 0.2) is 11.5 Å². The number of benzene rings is 2. The van der Waals surface area contributed by atoms with Gasteiger partial charge in [-0.2, -0.15) is 0 Å². The normalized spacial score (nSPS) is 20.6. The van der Waals surface area contributed by atoms with Crippen molar-refractivity contribution in [3.05, 3.63) is 68.8 Å². The van der Waals surface area contributed by atoms with E-state index < -0.39 is 24.2 Å². The second-order valence-corrected chi connectivity index (χ2v) is 11.5. The van der Waals surface area contributed by atoms with E-state index in [9.17, 15) is 24.6 Å². The summed E-state index contributed by atoms with van der Waals surface area (Å²) < 4.78 is 17.8. The van der Waals surface area contributed by atoms with Crippen LogP contribution in [0.2, 0.25) is 0 Å². The van der Waals surface area contributed by atoms with E-state index in [1.54, 1.807) is 17.0 Å². The fourth-order valence-electron chi connectivity index (χ4n) is 5.26. The van der Waals surface area contributed by atoms with E-state index in [2.05, 4.69) is 10.2 Å². The van der Waals surface area contributed by atoms with E-state index in [4.69, 9.17) is 14.2 Å². The molecular weight excluding hydrogens is 669 g/mol. The number of amides is 2. The fourth-order valence-corrected chi connectivity index (χ4v) is 6.01. The third-order valence-electron chi connectivity index (χ3n) is 7.54. The van der Waals surface area contributed by atoms with Crippen LogP contribution >= 0.6 is 22.6 Å². The first-order valence-corrected chi connectivity index (χ1v) is 15.3. The number of carbonyl (C=O) groups excluding carboxylic acids is 3. The largest absolute Gasteiger partial charge is 0.493 e. The summed E-state index contributed by atoms with van der Waals surface area (Å²) in [7, 11) is 1.45. The van der Waals surface area contributed by atoms with Crippen LogP contribution in [-0.4, -0.2) is 116 Å². The molecule has 0 aromatic heterocycles. The van der Waals surface area contributed by atoms with Crippen molar-refractivity contribution >= 4 is 40.7 Å². The van der Waals surface area contributed by atoms with Gasteiger partial charge < -0.3 is 34.6 Å². The molecule has 1 saturated heterocycles. The predicted molar refractivity (Wildman–Crippen MR) is 167 cm³/mol. The van der Waals surface area contributed by atoms with Crippen LogP contribution in [0.15, 0.2) is 54.1 Å². The molecule has 12 heteroatoms. The number of aliphatic hydroxyl groups is 2. The lowest BCUT2D eigenvalue weighted by Gasteiger charge is -2.41. The highest BCUT2D eigenvalue weighted by molar-refractivity contribution is 14.1. The second-order valence-electron chi connectivity index (χ2n) is 10.4. The molecule has 1 aliphatic heterocycles. The number of nitrogens with one attached hydrogen (secondary N) is 1. The lowest BCUT2D eigenvalue weighted by Crippen LogP contribution is -2.57. The molecule has 0 radical (unpaired) electrons. The fraction of sp³-hybridized carbons (Fsp3) is 0.452. The molecule has 2 aromatic rings. The molecule has 4 rings (SSSR count). The van der Waals surface area contributed by atoms with Gasteiger partial charge in [-0.3, -0.25) is 19.3 Å². The second kappa shape index (κ2) is 16.1. The van der Waals surface area contributed by atoms with Crippen molar-refractivity contribution in [2.24, 2.45) is 0 Å². The summed E-state index contributed by atoms with van der Waals surface area (Å²) >= 11 is 2.02. The summed E-state index contributed by atoms with van der Waals surface area (Å²) in [6, 6.07) is 11.8. The van der Waals surface area contributed by atoms with Crippen molar-refractivity contribution in [2.75, 3.05) is 59.7 Å². The van der Waals surface area contributed by atoms with Gasteiger partial charge in [0, 0.05) is 50.3 Å². The number of hydrogen-bond donors (Lipinski definition) is 3. The van der Waals surface area contributed by atoms with Crippen LogP contribution in [0.5, 0.6) is 11.5 Å². The van der Waals surface area contributed by atoms with Gasteiger partial charge in [-0.05, 0) is 46.4 Å². The molecule has 2 amide bonds. The van der Waals surface area contributed by atoms with Gasteiger partial charge in [0.25, 0.3) is 0 Å². The number of nitrogens with zero attached hydrogens (tertiary/aromatic N) is 2. The van der Waals surface area contributed by atoms with Crippen molar-refractivity contribution in [1.29, 1.82) is 0 Å². The van der Waals surface area contributed by atoms with Gasteiger partial charge in [-0.1, -0.05) is 30.3 Å². The van der Waals surface area contributed by atoms with E-state index in [0.29, 0.717) is 58.8 Å². The Labute approximate surface area is 264 Å². The van der Waals surface area contributed by atoms with Gasteiger partial charge in [-0.15, -0.1) is 0 Å². The number of ether oxygens (including phenoxy) is 3. The number of hydrogen-bond acceptors (Lipinski definition) is 9. The maximum absolute atomic E-state index is 13.9. The van der Waals surface area contributed by atoms with Gasteiger partial charge in [-0.25, -0.2) is 0 Å². The highest BCUT2D eigenvalue weighted by atomic mass is 127. The summed E-state index contributed by atoms with van der Waals surface area (Å²) in [5.41, 5.74) is 1.57. The lowest BCUT2D eigenvalue weighted by atomic mass is 9.87. The Bertz CT molecular complexity index is 1290. The maximum Gasteiger partial charge on any atom is 0.247 e. The maximum atomic E-state index is 13.9. The first-order valence-electron chi connectivity index (χ1n) is 14.2. The Kier molecular flexibility index (Phi) is 12.3. The molecule has 0 saturated carbocycles. The minimum Gasteiger partial charge on any atom is -0.493 e. The first-order chi connectivity index (χ1) is 20.8. The third-order valence-corrected chi connectivity index (χ3v) is 8.34. The molecule has 2 aliphatic rings. The predicted octanol–water partition coefficient (Wildman–Crippen LogP) is 1.43. The van der Waals surface area contributed by atoms with Crippen molar-refractivity contribution < 1.29 is 38.8 Å². The average Bonchev–Trinajstić information content (AvgIpc) is 3.03. The summed E-state index contributed by atoms with van der Waals surface area (Å²) in [6.07, 6.45) is 0.277. The van der Waals surface area contributed by atoms with E-state index >= 15 is 0 Å². The van der Waals surface area contributed by atoms with Gasteiger partial charge >= 0.3 is 0 Å². The zero-order valence-electron chi connectivity index (χ0n) is 24.1. The van der Waals surface area contributed by atoms with Crippen LogP contribution in [0, 0.1) is 3.57 Å². The molecule has 232 valence electrons. The quantitative estimate of drug-likeness (QED) is 0.209.